The van der Waals surface area contributed by atoms with Crippen LogP contribution in [0.15, 0.2) is 0 Å². The van der Waals surface area contributed by atoms with Crippen LogP contribution >= 0.6 is 0 Å². The zero-order chi connectivity index (χ0) is 9.86. The van der Waals surface area contributed by atoms with Crippen LogP contribution in [0.25, 0.3) is 0 Å². The van der Waals surface area contributed by atoms with Crippen molar-refractivity contribution in [1.82, 2.24) is 5.32 Å². The first-order chi connectivity index (χ1) is 6.85. The second-order valence-electron chi connectivity index (χ2n) is 4.68. The van der Waals surface area contributed by atoms with Crippen LogP contribution in [-0.2, 0) is 9.47 Å². The van der Waals surface area contributed by atoms with E-state index < -0.39 is 0 Å². The highest BCUT2D eigenvalue weighted by molar-refractivity contribution is 4.95. The van der Waals surface area contributed by atoms with Crippen LogP contribution in [0.5, 0.6) is 0 Å². The minimum Gasteiger partial charge on any atom is -0.385 e. The van der Waals surface area contributed by atoms with Gasteiger partial charge in [0, 0.05) is 32.9 Å². The average Bonchev–Trinajstić information content (AvgIpc) is 2.77. The van der Waals surface area contributed by atoms with Crippen molar-refractivity contribution in [1.29, 1.82) is 0 Å². The Morgan fingerprint density at radius 2 is 2.36 bits per heavy atom. The quantitative estimate of drug-likeness (QED) is 0.697. The normalized spacial score (nSPS) is 29.4. The van der Waals surface area contributed by atoms with Gasteiger partial charge in [0.1, 0.15) is 0 Å². The lowest BCUT2D eigenvalue weighted by Gasteiger charge is -2.18. The Morgan fingerprint density at radius 3 is 2.93 bits per heavy atom. The van der Waals surface area contributed by atoms with Gasteiger partial charge in [-0.15, -0.1) is 0 Å². The van der Waals surface area contributed by atoms with E-state index in [1.54, 1.807) is 7.11 Å². The number of hydrogen-bond donors (Lipinski definition) is 1. The van der Waals surface area contributed by atoms with Gasteiger partial charge < -0.3 is 14.8 Å². The van der Waals surface area contributed by atoms with E-state index >= 15 is 0 Å². The van der Waals surface area contributed by atoms with E-state index in [0.717, 1.165) is 26.4 Å². The lowest BCUT2D eigenvalue weighted by atomic mass is 10.0. The molecule has 2 fully saturated rings. The molecule has 0 radical (unpaired) electrons. The minimum absolute atomic E-state index is 0.568. The number of methoxy groups -OCH3 is 1. The third-order valence-electron chi connectivity index (χ3n) is 3.49. The van der Waals surface area contributed by atoms with Gasteiger partial charge >= 0.3 is 0 Å². The minimum atomic E-state index is 0.568. The fourth-order valence-electron chi connectivity index (χ4n) is 2.07. The monoisotopic (exact) mass is 199 g/mol. The standard InChI is InChI=1S/C11H21NO2/c1-13-7-5-11(3-4-11)9-12-10-2-6-14-8-10/h10,12H,2-9H2,1H3. The fourth-order valence-corrected chi connectivity index (χ4v) is 2.07. The second-order valence-corrected chi connectivity index (χ2v) is 4.68. The first-order valence-corrected chi connectivity index (χ1v) is 5.65. The smallest absolute Gasteiger partial charge is 0.0620 e. The Balaban J connectivity index is 1.63. The fraction of sp³-hybridized carbons (Fsp3) is 1.00. The van der Waals surface area contributed by atoms with E-state index in [9.17, 15) is 0 Å². The van der Waals surface area contributed by atoms with E-state index in [1.165, 1.54) is 25.7 Å². The summed E-state index contributed by atoms with van der Waals surface area (Å²) in [5.41, 5.74) is 0.568. The molecule has 1 atom stereocenters. The molecule has 14 heavy (non-hydrogen) atoms. The molecular weight excluding hydrogens is 178 g/mol. The van der Waals surface area contributed by atoms with Crippen LogP contribution < -0.4 is 5.32 Å². The van der Waals surface area contributed by atoms with Crippen LogP contribution in [0.4, 0.5) is 0 Å². The number of nitrogens with one attached hydrogen (secondary N) is 1. The van der Waals surface area contributed by atoms with Crippen molar-refractivity contribution in [3.63, 3.8) is 0 Å². The van der Waals surface area contributed by atoms with Gasteiger partial charge in [0.2, 0.25) is 0 Å². The van der Waals surface area contributed by atoms with Crippen LogP contribution in [0, 0.1) is 5.41 Å². The summed E-state index contributed by atoms with van der Waals surface area (Å²) < 4.78 is 10.5. The molecule has 0 aromatic heterocycles. The highest BCUT2D eigenvalue weighted by Gasteiger charge is 2.42. The topological polar surface area (TPSA) is 30.5 Å². The highest BCUT2D eigenvalue weighted by Crippen LogP contribution is 2.48. The van der Waals surface area contributed by atoms with Gasteiger partial charge in [0.05, 0.1) is 6.61 Å². The predicted octanol–water partition coefficient (Wildman–Crippen LogP) is 1.18. The molecule has 1 saturated carbocycles. The SMILES string of the molecule is COCCC1(CNC2CCOC2)CC1. The third kappa shape index (κ3) is 2.69. The summed E-state index contributed by atoms with van der Waals surface area (Å²) in [6, 6.07) is 0.606. The van der Waals surface area contributed by atoms with Gasteiger partial charge in [-0.1, -0.05) is 0 Å². The Hall–Kier alpha value is -0.120. The lowest BCUT2D eigenvalue weighted by molar-refractivity contribution is 0.167. The molecule has 1 heterocycles. The van der Waals surface area contributed by atoms with Crippen molar-refractivity contribution >= 4 is 0 Å². The van der Waals surface area contributed by atoms with Crippen LogP contribution in [0.2, 0.25) is 0 Å². The molecule has 0 aromatic rings. The van der Waals surface area contributed by atoms with Gasteiger partial charge in [-0.3, -0.25) is 0 Å². The Kier molecular flexibility index (Phi) is 3.42. The summed E-state index contributed by atoms with van der Waals surface area (Å²) in [5.74, 6) is 0. The van der Waals surface area contributed by atoms with E-state index in [-0.39, 0.29) is 0 Å². The molecule has 1 aliphatic carbocycles. The molecule has 3 heteroatoms. The maximum atomic E-state index is 5.34. The molecule has 0 aromatic carbocycles. The predicted molar refractivity (Wildman–Crippen MR) is 55.4 cm³/mol. The molecule has 0 spiro atoms. The zero-order valence-corrected chi connectivity index (χ0v) is 9.05. The Morgan fingerprint density at radius 1 is 1.50 bits per heavy atom. The van der Waals surface area contributed by atoms with Crippen molar-refractivity contribution in [2.45, 2.75) is 31.7 Å². The Labute approximate surface area is 86.2 Å². The molecule has 1 saturated heterocycles. The molecule has 1 N–H and O–H groups in total. The Bertz CT molecular complexity index is 174. The summed E-state index contributed by atoms with van der Waals surface area (Å²) in [6.45, 7) is 3.90. The number of rotatable bonds is 6. The zero-order valence-electron chi connectivity index (χ0n) is 9.05. The number of hydrogen-bond acceptors (Lipinski definition) is 3. The molecule has 3 nitrogen and oxygen atoms in total. The van der Waals surface area contributed by atoms with Gasteiger partial charge in [0.15, 0.2) is 0 Å². The molecule has 82 valence electrons. The molecule has 1 unspecified atom stereocenters. The van der Waals surface area contributed by atoms with Crippen molar-refractivity contribution in [3.05, 3.63) is 0 Å². The van der Waals surface area contributed by atoms with Crippen LogP contribution in [0.3, 0.4) is 0 Å². The summed E-state index contributed by atoms with van der Waals surface area (Å²) in [4.78, 5) is 0. The maximum Gasteiger partial charge on any atom is 0.0620 e. The molecule has 0 bridgehead atoms. The molecule has 1 aliphatic heterocycles. The van der Waals surface area contributed by atoms with E-state index in [2.05, 4.69) is 5.32 Å². The van der Waals surface area contributed by atoms with E-state index in [4.69, 9.17) is 9.47 Å². The summed E-state index contributed by atoms with van der Waals surface area (Å²) >= 11 is 0. The average molecular weight is 199 g/mol. The van der Waals surface area contributed by atoms with E-state index in [0.29, 0.717) is 11.5 Å². The van der Waals surface area contributed by atoms with Crippen LogP contribution in [0.1, 0.15) is 25.7 Å². The summed E-state index contributed by atoms with van der Waals surface area (Å²) in [7, 11) is 1.79. The van der Waals surface area contributed by atoms with E-state index in [1.807, 2.05) is 0 Å². The third-order valence-corrected chi connectivity index (χ3v) is 3.49. The largest absolute Gasteiger partial charge is 0.385 e. The first-order valence-electron chi connectivity index (χ1n) is 5.65. The molecular formula is C11H21NO2. The summed E-state index contributed by atoms with van der Waals surface area (Å²) in [6.07, 6.45) is 5.14. The maximum absolute atomic E-state index is 5.34. The molecule has 2 rings (SSSR count). The lowest BCUT2D eigenvalue weighted by Crippen LogP contribution is -2.34. The van der Waals surface area contributed by atoms with Crippen LogP contribution in [-0.4, -0.2) is 39.5 Å². The van der Waals surface area contributed by atoms with Gasteiger partial charge in [-0.05, 0) is 31.1 Å². The van der Waals surface area contributed by atoms with Crippen molar-refractivity contribution in [3.8, 4) is 0 Å². The first kappa shape index (κ1) is 10.4. The molecule has 0 amide bonds. The number of ether oxygens (including phenoxy) is 2. The highest BCUT2D eigenvalue weighted by atomic mass is 16.5. The van der Waals surface area contributed by atoms with Gasteiger partial charge in [-0.25, -0.2) is 0 Å². The summed E-state index contributed by atoms with van der Waals surface area (Å²) in [5, 5.41) is 3.61. The van der Waals surface area contributed by atoms with Crippen molar-refractivity contribution < 1.29 is 9.47 Å². The van der Waals surface area contributed by atoms with Crippen molar-refractivity contribution in [2.24, 2.45) is 5.41 Å². The van der Waals surface area contributed by atoms with Gasteiger partial charge in [-0.2, -0.15) is 0 Å². The molecule has 2 aliphatic rings. The van der Waals surface area contributed by atoms with Gasteiger partial charge in [0.25, 0.3) is 0 Å². The van der Waals surface area contributed by atoms with Crippen molar-refractivity contribution in [2.75, 3.05) is 33.5 Å². The second kappa shape index (κ2) is 4.60.